The molecule has 0 saturated heterocycles. The number of alkyl halides is 2. The lowest BCUT2D eigenvalue weighted by Gasteiger charge is -2.16. The van der Waals surface area contributed by atoms with Gasteiger partial charge in [0.1, 0.15) is 6.33 Å². The number of aromatic nitrogens is 2. The zero-order chi connectivity index (χ0) is 10.4. The molecule has 0 amide bonds. The lowest BCUT2D eigenvalue weighted by atomic mass is 10.1. The van der Waals surface area contributed by atoms with Crippen LogP contribution in [-0.4, -0.2) is 22.9 Å². The summed E-state index contributed by atoms with van der Waals surface area (Å²) in [6, 6.07) is -0.962. The van der Waals surface area contributed by atoms with Gasteiger partial charge in [-0.1, -0.05) is 6.92 Å². The van der Waals surface area contributed by atoms with Crippen LogP contribution in [0, 0.1) is 0 Å². The molecule has 1 unspecified atom stereocenters. The largest absolute Gasteiger partial charge is 0.305 e. The van der Waals surface area contributed by atoms with Crippen molar-refractivity contribution in [1.29, 1.82) is 0 Å². The molecule has 5 heteroatoms. The van der Waals surface area contributed by atoms with Crippen LogP contribution in [0.1, 0.15) is 24.9 Å². The van der Waals surface area contributed by atoms with E-state index in [4.69, 9.17) is 0 Å². The number of hydrogen-bond acceptors (Lipinski definition) is 3. The first-order valence-corrected chi connectivity index (χ1v) is 4.52. The molecule has 3 nitrogen and oxygen atoms in total. The SMILES string of the molecule is CCCNC(c1cncnc1)C(F)F. The first-order chi connectivity index (χ1) is 6.75. The van der Waals surface area contributed by atoms with Crippen molar-refractivity contribution in [2.24, 2.45) is 0 Å². The van der Waals surface area contributed by atoms with Gasteiger partial charge in [0.15, 0.2) is 0 Å². The van der Waals surface area contributed by atoms with Crippen LogP contribution in [0.3, 0.4) is 0 Å². The van der Waals surface area contributed by atoms with Crippen LogP contribution in [0.15, 0.2) is 18.7 Å². The fraction of sp³-hybridized carbons (Fsp3) is 0.556. The maximum absolute atomic E-state index is 12.6. The number of nitrogens with zero attached hydrogens (tertiary/aromatic N) is 2. The van der Waals surface area contributed by atoms with Crippen molar-refractivity contribution in [1.82, 2.24) is 15.3 Å². The van der Waals surface area contributed by atoms with Crippen molar-refractivity contribution in [2.75, 3.05) is 6.54 Å². The Bertz CT molecular complexity index is 253. The summed E-state index contributed by atoms with van der Waals surface area (Å²) in [5.74, 6) is 0. The first kappa shape index (κ1) is 11.0. The predicted molar refractivity (Wildman–Crippen MR) is 49.1 cm³/mol. The van der Waals surface area contributed by atoms with E-state index in [-0.39, 0.29) is 0 Å². The highest BCUT2D eigenvalue weighted by Crippen LogP contribution is 2.18. The minimum Gasteiger partial charge on any atom is -0.305 e. The standard InChI is InChI=1S/C9H13F2N3/c1-2-3-14-8(9(10)11)7-4-12-6-13-5-7/h4-6,8-9,14H,2-3H2,1H3. The van der Waals surface area contributed by atoms with Gasteiger partial charge in [-0.2, -0.15) is 0 Å². The molecule has 1 atom stereocenters. The highest BCUT2D eigenvalue weighted by molar-refractivity contribution is 5.09. The van der Waals surface area contributed by atoms with E-state index in [1.54, 1.807) is 0 Å². The molecule has 0 saturated carbocycles. The third kappa shape index (κ3) is 2.99. The summed E-state index contributed by atoms with van der Waals surface area (Å²) >= 11 is 0. The van der Waals surface area contributed by atoms with E-state index in [2.05, 4.69) is 15.3 Å². The van der Waals surface area contributed by atoms with Gasteiger partial charge in [0.05, 0.1) is 6.04 Å². The molecule has 0 radical (unpaired) electrons. The van der Waals surface area contributed by atoms with Crippen LogP contribution in [0.5, 0.6) is 0 Å². The van der Waals surface area contributed by atoms with Crippen LogP contribution >= 0.6 is 0 Å². The molecule has 0 aliphatic rings. The maximum atomic E-state index is 12.6. The number of halogens is 2. The Morgan fingerprint density at radius 3 is 2.50 bits per heavy atom. The molecule has 78 valence electrons. The van der Waals surface area contributed by atoms with Crippen LogP contribution in [0.2, 0.25) is 0 Å². The average Bonchev–Trinajstić information content (AvgIpc) is 2.19. The van der Waals surface area contributed by atoms with E-state index < -0.39 is 12.5 Å². The summed E-state index contributed by atoms with van der Waals surface area (Å²) in [6.07, 6.45) is 2.52. The summed E-state index contributed by atoms with van der Waals surface area (Å²) < 4.78 is 25.2. The Morgan fingerprint density at radius 1 is 1.36 bits per heavy atom. The number of nitrogens with one attached hydrogen (secondary N) is 1. The summed E-state index contributed by atoms with van der Waals surface area (Å²) in [5, 5.41) is 2.76. The number of rotatable bonds is 5. The number of hydrogen-bond donors (Lipinski definition) is 1. The molecule has 0 fully saturated rings. The van der Waals surface area contributed by atoms with Gasteiger partial charge in [-0.25, -0.2) is 18.7 Å². The summed E-state index contributed by atoms with van der Waals surface area (Å²) in [4.78, 5) is 7.42. The van der Waals surface area contributed by atoms with E-state index in [9.17, 15) is 8.78 Å². The van der Waals surface area contributed by atoms with Gasteiger partial charge in [-0.15, -0.1) is 0 Å². The molecular weight excluding hydrogens is 188 g/mol. The van der Waals surface area contributed by atoms with Crippen molar-refractivity contribution < 1.29 is 8.78 Å². The molecule has 0 spiro atoms. The van der Waals surface area contributed by atoms with Crippen molar-refractivity contribution >= 4 is 0 Å². The summed E-state index contributed by atoms with van der Waals surface area (Å²) in [6.45, 7) is 2.49. The van der Waals surface area contributed by atoms with Crippen LogP contribution in [-0.2, 0) is 0 Å². The van der Waals surface area contributed by atoms with Gasteiger partial charge >= 0.3 is 0 Å². The van der Waals surface area contributed by atoms with E-state index in [0.717, 1.165) is 6.42 Å². The molecule has 1 N–H and O–H groups in total. The molecule has 0 aliphatic heterocycles. The lowest BCUT2D eigenvalue weighted by molar-refractivity contribution is 0.0982. The maximum Gasteiger partial charge on any atom is 0.257 e. The summed E-state index contributed by atoms with van der Waals surface area (Å²) in [7, 11) is 0. The molecule has 1 rings (SSSR count). The van der Waals surface area contributed by atoms with Gasteiger partial charge in [0.25, 0.3) is 6.43 Å². The second-order valence-corrected chi connectivity index (χ2v) is 2.94. The van der Waals surface area contributed by atoms with E-state index in [1.807, 2.05) is 6.92 Å². The van der Waals surface area contributed by atoms with Crippen molar-refractivity contribution in [3.63, 3.8) is 0 Å². The Kier molecular flexibility index (Phi) is 4.39. The topological polar surface area (TPSA) is 37.8 Å². The predicted octanol–water partition coefficient (Wildman–Crippen LogP) is 1.78. The van der Waals surface area contributed by atoms with E-state index >= 15 is 0 Å². The van der Waals surface area contributed by atoms with Gasteiger partial charge in [0.2, 0.25) is 0 Å². The fourth-order valence-electron chi connectivity index (χ4n) is 1.12. The zero-order valence-corrected chi connectivity index (χ0v) is 7.95. The Labute approximate surface area is 81.6 Å². The van der Waals surface area contributed by atoms with Gasteiger partial charge < -0.3 is 5.32 Å². The quantitative estimate of drug-likeness (QED) is 0.789. The summed E-state index contributed by atoms with van der Waals surface area (Å²) in [5.41, 5.74) is 0.427. The third-order valence-corrected chi connectivity index (χ3v) is 1.81. The molecular formula is C9H13F2N3. The molecule has 1 aromatic rings. The van der Waals surface area contributed by atoms with Crippen LogP contribution in [0.4, 0.5) is 8.78 Å². The molecule has 0 bridgehead atoms. The normalized spacial score (nSPS) is 13.1. The van der Waals surface area contributed by atoms with Gasteiger partial charge in [-0.05, 0) is 13.0 Å². The van der Waals surface area contributed by atoms with Gasteiger partial charge in [-0.3, -0.25) is 0 Å². The lowest BCUT2D eigenvalue weighted by Crippen LogP contribution is -2.28. The first-order valence-electron chi connectivity index (χ1n) is 4.52. The van der Waals surface area contributed by atoms with Crippen LogP contribution in [0.25, 0.3) is 0 Å². The molecule has 1 aromatic heterocycles. The Morgan fingerprint density at radius 2 is 2.00 bits per heavy atom. The van der Waals surface area contributed by atoms with Crippen molar-refractivity contribution in [3.8, 4) is 0 Å². The smallest absolute Gasteiger partial charge is 0.257 e. The molecule has 14 heavy (non-hydrogen) atoms. The van der Waals surface area contributed by atoms with Crippen molar-refractivity contribution in [2.45, 2.75) is 25.8 Å². The minimum absolute atomic E-state index is 0.427. The van der Waals surface area contributed by atoms with E-state index in [1.165, 1.54) is 18.7 Å². The highest BCUT2D eigenvalue weighted by Gasteiger charge is 2.21. The van der Waals surface area contributed by atoms with Crippen LogP contribution < -0.4 is 5.32 Å². The second-order valence-electron chi connectivity index (χ2n) is 2.94. The molecule has 0 aliphatic carbocycles. The molecule has 1 heterocycles. The highest BCUT2D eigenvalue weighted by atomic mass is 19.3. The van der Waals surface area contributed by atoms with Gasteiger partial charge in [0, 0.05) is 18.0 Å². The van der Waals surface area contributed by atoms with Crippen molar-refractivity contribution in [3.05, 3.63) is 24.3 Å². The minimum atomic E-state index is -2.44. The Balaban J connectivity index is 2.68. The second kappa shape index (κ2) is 5.59. The third-order valence-electron chi connectivity index (χ3n) is 1.81. The van der Waals surface area contributed by atoms with E-state index in [0.29, 0.717) is 12.1 Å². The average molecular weight is 201 g/mol. The molecule has 0 aromatic carbocycles. The monoisotopic (exact) mass is 201 g/mol. The Hall–Kier alpha value is -1.10. The fourth-order valence-corrected chi connectivity index (χ4v) is 1.12. The zero-order valence-electron chi connectivity index (χ0n) is 7.95.